The zero-order chi connectivity index (χ0) is 8.81. The van der Waals surface area contributed by atoms with Crippen molar-refractivity contribution in [2.75, 3.05) is 13.7 Å². The van der Waals surface area contributed by atoms with E-state index in [2.05, 4.69) is 9.99 Å². The normalized spacial score (nSPS) is 11.3. The molecule has 0 saturated carbocycles. The number of hydrogen-bond donors (Lipinski definition) is 1. The summed E-state index contributed by atoms with van der Waals surface area (Å²) in [5.74, 6) is 0. The van der Waals surface area contributed by atoms with E-state index in [0.717, 1.165) is 11.3 Å². The summed E-state index contributed by atoms with van der Waals surface area (Å²) in [6.45, 7) is 0.387. The fourth-order valence-electron chi connectivity index (χ4n) is 0.949. The van der Waals surface area contributed by atoms with Gasteiger partial charge in [-0.15, -0.1) is 0 Å². The molecule has 0 radical (unpaired) electrons. The van der Waals surface area contributed by atoms with Crippen LogP contribution >= 0.6 is 0 Å². The van der Waals surface area contributed by atoms with E-state index in [-0.39, 0.29) is 0 Å². The fourth-order valence-corrected chi connectivity index (χ4v) is 0.949. The highest BCUT2D eigenvalue weighted by Crippen LogP contribution is 2.00. The van der Waals surface area contributed by atoms with E-state index in [1.807, 2.05) is 30.3 Å². The highest BCUT2D eigenvalue weighted by atomic mass is 16.6. The van der Waals surface area contributed by atoms with Crippen molar-refractivity contribution in [1.29, 1.82) is 0 Å². The molecule has 0 aliphatic rings. The monoisotopic (exact) mass is 164 g/mol. The minimum atomic E-state index is 0.387. The van der Waals surface area contributed by atoms with Crippen LogP contribution in [0, 0.1) is 0 Å². The first-order valence-electron chi connectivity index (χ1n) is 3.74. The first-order valence-corrected chi connectivity index (χ1v) is 3.74. The van der Waals surface area contributed by atoms with Gasteiger partial charge in [0.2, 0.25) is 0 Å². The van der Waals surface area contributed by atoms with E-state index in [0.29, 0.717) is 6.54 Å². The molecule has 1 rings (SSSR count). The standard InChI is InChI=1S/C9H12N2O/c1-12-11-9(7-10)8-5-3-2-4-6-8/h2-6H,7,10H2,1H3. The van der Waals surface area contributed by atoms with Crippen molar-refractivity contribution in [3.8, 4) is 0 Å². The number of hydrogen-bond acceptors (Lipinski definition) is 3. The smallest absolute Gasteiger partial charge is 0.106 e. The molecule has 0 amide bonds. The summed E-state index contributed by atoms with van der Waals surface area (Å²) in [7, 11) is 1.51. The van der Waals surface area contributed by atoms with Crippen molar-refractivity contribution >= 4 is 5.71 Å². The number of nitrogens with zero attached hydrogens (tertiary/aromatic N) is 1. The van der Waals surface area contributed by atoms with Gasteiger partial charge in [-0.05, 0) is 0 Å². The van der Waals surface area contributed by atoms with E-state index in [1.165, 1.54) is 7.11 Å². The lowest BCUT2D eigenvalue weighted by molar-refractivity contribution is 0.213. The molecule has 0 heterocycles. The van der Waals surface area contributed by atoms with Crippen molar-refractivity contribution in [3.63, 3.8) is 0 Å². The van der Waals surface area contributed by atoms with Crippen LogP contribution in [0.25, 0.3) is 0 Å². The third-order valence-corrected chi connectivity index (χ3v) is 1.50. The Morgan fingerprint density at radius 1 is 1.42 bits per heavy atom. The topological polar surface area (TPSA) is 47.6 Å². The molecule has 0 atom stereocenters. The maximum Gasteiger partial charge on any atom is 0.106 e. The lowest BCUT2D eigenvalue weighted by Gasteiger charge is -2.01. The third-order valence-electron chi connectivity index (χ3n) is 1.50. The van der Waals surface area contributed by atoms with Gasteiger partial charge in [-0.1, -0.05) is 35.5 Å². The lowest BCUT2D eigenvalue weighted by atomic mass is 10.1. The molecule has 0 aliphatic heterocycles. The minimum absolute atomic E-state index is 0.387. The SMILES string of the molecule is CON=C(CN)c1ccccc1. The molecule has 3 heteroatoms. The molecule has 0 fully saturated rings. The quantitative estimate of drug-likeness (QED) is 0.535. The molecule has 64 valence electrons. The predicted molar refractivity (Wildman–Crippen MR) is 49.0 cm³/mol. The zero-order valence-electron chi connectivity index (χ0n) is 7.03. The van der Waals surface area contributed by atoms with Gasteiger partial charge in [0.15, 0.2) is 0 Å². The third kappa shape index (κ3) is 2.07. The van der Waals surface area contributed by atoms with Crippen LogP contribution in [0.3, 0.4) is 0 Å². The average Bonchev–Trinajstić information content (AvgIpc) is 2.15. The molecular formula is C9H12N2O. The van der Waals surface area contributed by atoms with E-state index >= 15 is 0 Å². The molecule has 3 nitrogen and oxygen atoms in total. The van der Waals surface area contributed by atoms with E-state index in [4.69, 9.17) is 5.73 Å². The molecule has 12 heavy (non-hydrogen) atoms. The highest BCUT2D eigenvalue weighted by Gasteiger charge is 1.99. The molecule has 0 saturated heterocycles. The predicted octanol–water partition coefficient (Wildman–Crippen LogP) is 0.996. The van der Waals surface area contributed by atoms with Crippen LogP contribution in [0.15, 0.2) is 35.5 Å². The molecule has 0 spiro atoms. The van der Waals surface area contributed by atoms with Crippen LogP contribution in [0.2, 0.25) is 0 Å². The van der Waals surface area contributed by atoms with E-state index < -0.39 is 0 Å². The van der Waals surface area contributed by atoms with Gasteiger partial charge < -0.3 is 10.6 Å². The Bertz CT molecular complexity index is 256. The average molecular weight is 164 g/mol. The Labute approximate surface area is 71.8 Å². The van der Waals surface area contributed by atoms with Crippen LogP contribution in [-0.4, -0.2) is 19.4 Å². The van der Waals surface area contributed by atoms with Gasteiger partial charge in [0.1, 0.15) is 12.8 Å². The summed E-state index contributed by atoms with van der Waals surface area (Å²) in [5.41, 5.74) is 7.24. The molecule has 0 aliphatic carbocycles. The van der Waals surface area contributed by atoms with Gasteiger partial charge in [-0.2, -0.15) is 0 Å². The summed E-state index contributed by atoms with van der Waals surface area (Å²) < 4.78 is 0. The Kier molecular flexibility index (Phi) is 3.29. The molecular weight excluding hydrogens is 152 g/mol. The first-order chi connectivity index (χ1) is 5.88. The number of oxime groups is 1. The fraction of sp³-hybridized carbons (Fsp3) is 0.222. The van der Waals surface area contributed by atoms with E-state index in [1.54, 1.807) is 0 Å². The molecule has 0 bridgehead atoms. The summed E-state index contributed by atoms with van der Waals surface area (Å²) >= 11 is 0. The second-order valence-corrected chi connectivity index (χ2v) is 2.29. The van der Waals surface area contributed by atoms with Crippen molar-refractivity contribution in [3.05, 3.63) is 35.9 Å². The van der Waals surface area contributed by atoms with Crippen molar-refractivity contribution in [2.45, 2.75) is 0 Å². The van der Waals surface area contributed by atoms with Crippen LogP contribution in [0.4, 0.5) is 0 Å². The summed E-state index contributed by atoms with van der Waals surface area (Å²) in [4.78, 5) is 4.66. The van der Waals surface area contributed by atoms with Crippen LogP contribution in [0.5, 0.6) is 0 Å². The Hall–Kier alpha value is -1.35. The number of rotatable bonds is 3. The first kappa shape index (κ1) is 8.74. The highest BCUT2D eigenvalue weighted by molar-refractivity contribution is 6.01. The molecule has 1 aromatic rings. The zero-order valence-corrected chi connectivity index (χ0v) is 7.03. The van der Waals surface area contributed by atoms with Gasteiger partial charge in [-0.3, -0.25) is 0 Å². The van der Waals surface area contributed by atoms with Crippen molar-refractivity contribution < 1.29 is 4.84 Å². The van der Waals surface area contributed by atoms with Crippen LogP contribution in [-0.2, 0) is 4.84 Å². The number of benzene rings is 1. The molecule has 0 aromatic heterocycles. The van der Waals surface area contributed by atoms with Crippen LogP contribution in [0.1, 0.15) is 5.56 Å². The van der Waals surface area contributed by atoms with Crippen molar-refractivity contribution in [1.82, 2.24) is 0 Å². The molecule has 2 N–H and O–H groups in total. The Balaban J connectivity index is 2.88. The lowest BCUT2D eigenvalue weighted by Crippen LogP contribution is -2.15. The largest absolute Gasteiger partial charge is 0.399 e. The molecule has 0 unspecified atom stereocenters. The minimum Gasteiger partial charge on any atom is -0.399 e. The second-order valence-electron chi connectivity index (χ2n) is 2.29. The van der Waals surface area contributed by atoms with Gasteiger partial charge in [0.05, 0.1) is 0 Å². The summed E-state index contributed by atoms with van der Waals surface area (Å²) in [6.07, 6.45) is 0. The Morgan fingerprint density at radius 3 is 2.58 bits per heavy atom. The van der Waals surface area contributed by atoms with Crippen LogP contribution < -0.4 is 5.73 Å². The van der Waals surface area contributed by atoms with Gasteiger partial charge >= 0.3 is 0 Å². The maximum absolute atomic E-state index is 5.48. The number of nitrogens with two attached hydrogens (primary N) is 1. The maximum atomic E-state index is 5.48. The van der Waals surface area contributed by atoms with Crippen molar-refractivity contribution in [2.24, 2.45) is 10.9 Å². The van der Waals surface area contributed by atoms with E-state index in [9.17, 15) is 0 Å². The van der Waals surface area contributed by atoms with Gasteiger partial charge in [-0.25, -0.2) is 0 Å². The molecule has 1 aromatic carbocycles. The summed E-state index contributed by atoms with van der Waals surface area (Å²) in [6, 6.07) is 9.73. The van der Waals surface area contributed by atoms with Gasteiger partial charge in [0.25, 0.3) is 0 Å². The summed E-state index contributed by atoms with van der Waals surface area (Å²) in [5, 5.41) is 3.80. The Morgan fingerprint density at radius 2 is 2.08 bits per heavy atom. The second kappa shape index (κ2) is 4.51. The van der Waals surface area contributed by atoms with Gasteiger partial charge in [0, 0.05) is 12.1 Å².